The number of nitrogens with zero attached hydrogens (tertiary/aromatic N) is 3. The van der Waals surface area contributed by atoms with Crippen molar-refractivity contribution < 1.29 is 9.63 Å². The molecule has 1 saturated heterocycles. The zero-order valence-corrected chi connectivity index (χ0v) is 13.2. The van der Waals surface area contributed by atoms with Gasteiger partial charge in [0.25, 0.3) is 0 Å². The van der Waals surface area contributed by atoms with Crippen LogP contribution in [0, 0.1) is 5.92 Å². The van der Waals surface area contributed by atoms with Gasteiger partial charge in [-0.3, -0.25) is 4.90 Å². The summed E-state index contributed by atoms with van der Waals surface area (Å²) in [5.74, 6) is 2.24. The molecule has 1 aromatic rings. The third-order valence-electron chi connectivity index (χ3n) is 5.03. The van der Waals surface area contributed by atoms with Gasteiger partial charge in [0.05, 0.1) is 12.6 Å². The maximum Gasteiger partial charge on any atom is 0.240 e. The number of hydrogen-bond acceptors (Lipinski definition) is 5. The highest BCUT2D eigenvalue weighted by atomic mass is 16.5. The molecular weight excluding hydrogens is 266 g/mol. The lowest BCUT2D eigenvalue weighted by atomic mass is 9.80. The predicted molar refractivity (Wildman–Crippen MR) is 79.8 cm³/mol. The fourth-order valence-corrected chi connectivity index (χ4v) is 3.86. The Balaban J connectivity index is 1.65. The number of rotatable bonds is 4. The van der Waals surface area contributed by atoms with E-state index in [1.165, 1.54) is 25.7 Å². The summed E-state index contributed by atoms with van der Waals surface area (Å²) in [6.07, 6.45) is 6.82. The molecule has 2 aliphatic rings. The summed E-state index contributed by atoms with van der Waals surface area (Å²) in [5, 5.41) is 14.4. The maximum atomic E-state index is 10.3. The van der Waals surface area contributed by atoms with E-state index < -0.39 is 0 Å². The highest BCUT2D eigenvalue weighted by molar-refractivity contribution is 4.95. The normalized spacial score (nSPS) is 31.1. The van der Waals surface area contributed by atoms with Crippen LogP contribution in [0.25, 0.3) is 0 Å². The average molecular weight is 293 g/mol. The number of aromatic nitrogens is 2. The molecule has 0 spiro atoms. The molecule has 1 saturated carbocycles. The van der Waals surface area contributed by atoms with Crippen molar-refractivity contribution in [1.29, 1.82) is 0 Å². The number of aliphatic hydroxyl groups is 1. The van der Waals surface area contributed by atoms with E-state index in [2.05, 4.69) is 28.9 Å². The van der Waals surface area contributed by atoms with Crippen molar-refractivity contribution in [2.24, 2.45) is 5.92 Å². The van der Waals surface area contributed by atoms with E-state index in [1.807, 2.05) is 0 Å². The van der Waals surface area contributed by atoms with Crippen LogP contribution in [-0.2, 0) is 6.54 Å². The van der Waals surface area contributed by atoms with Gasteiger partial charge in [-0.1, -0.05) is 31.8 Å². The van der Waals surface area contributed by atoms with Crippen molar-refractivity contribution in [2.45, 2.75) is 77.0 Å². The van der Waals surface area contributed by atoms with Gasteiger partial charge in [0.1, 0.15) is 0 Å². The minimum absolute atomic E-state index is 0.127. The van der Waals surface area contributed by atoms with Crippen LogP contribution in [0.1, 0.15) is 70.0 Å². The molecule has 3 rings (SSSR count). The molecular formula is C16H27N3O2. The van der Waals surface area contributed by atoms with Crippen LogP contribution in [0.4, 0.5) is 0 Å². The summed E-state index contributed by atoms with van der Waals surface area (Å²) in [6.45, 7) is 5.96. The molecule has 21 heavy (non-hydrogen) atoms. The van der Waals surface area contributed by atoms with E-state index in [-0.39, 0.29) is 6.10 Å². The van der Waals surface area contributed by atoms with Crippen molar-refractivity contribution in [1.82, 2.24) is 15.0 Å². The van der Waals surface area contributed by atoms with Crippen LogP contribution in [0.15, 0.2) is 4.52 Å². The predicted octanol–water partition coefficient (Wildman–Crippen LogP) is 2.71. The topological polar surface area (TPSA) is 62.4 Å². The first-order valence-corrected chi connectivity index (χ1v) is 8.39. The number of aliphatic hydroxyl groups excluding tert-OH is 1. The fourth-order valence-electron chi connectivity index (χ4n) is 3.86. The summed E-state index contributed by atoms with van der Waals surface area (Å²) in [5.41, 5.74) is 0. The molecule has 2 heterocycles. The van der Waals surface area contributed by atoms with Gasteiger partial charge in [-0.25, -0.2) is 0 Å². The Labute approximate surface area is 126 Å². The summed E-state index contributed by atoms with van der Waals surface area (Å²) in [4.78, 5) is 6.93. The smallest absolute Gasteiger partial charge is 0.240 e. The molecule has 3 unspecified atom stereocenters. The molecule has 0 bridgehead atoms. The summed E-state index contributed by atoms with van der Waals surface area (Å²) in [6, 6.07) is 0.481. The lowest BCUT2D eigenvalue weighted by Crippen LogP contribution is -2.42. The number of likely N-dealkylation sites (tertiary alicyclic amines) is 1. The van der Waals surface area contributed by atoms with Crippen LogP contribution in [0.2, 0.25) is 0 Å². The molecule has 1 N–H and O–H groups in total. The van der Waals surface area contributed by atoms with E-state index in [1.54, 1.807) is 0 Å². The summed E-state index contributed by atoms with van der Waals surface area (Å²) < 4.78 is 5.39. The maximum absolute atomic E-state index is 10.3. The standard InChI is InChI=1S/C16H27N3O2/c1-11(2)16-17-15(21-18-16)10-19-9-5-7-13(19)12-6-3-4-8-14(12)20/h11-14,20H,3-10H2,1-2H3. The van der Waals surface area contributed by atoms with E-state index in [9.17, 15) is 5.11 Å². The van der Waals surface area contributed by atoms with Gasteiger partial charge in [0.15, 0.2) is 5.82 Å². The van der Waals surface area contributed by atoms with Gasteiger partial charge < -0.3 is 9.63 Å². The van der Waals surface area contributed by atoms with Crippen molar-refractivity contribution >= 4 is 0 Å². The Morgan fingerprint density at radius 3 is 2.76 bits per heavy atom. The molecule has 5 heteroatoms. The second kappa shape index (κ2) is 6.44. The van der Waals surface area contributed by atoms with Crippen molar-refractivity contribution in [3.63, 3.8) is 0 Å². The molecule has 2 fully saturated rings. The van der Waals surface area contributed by atoms with Gasteiger partial charge >= 0.3 is 0 Å². The zero-order chi connectivity index (χ0) is 14.8. The number of hydrogen-bond donors (Lipinski definition) is 1. The quantitative estimate of drug-likeness (QED) is 0.924. The molecule has 5 nitrogen and oxygen atoms in total. The molecule has 1 aromatic heterocycles. The summed E-state index contributed by atoms with van der Waals surface area (Å²) in [7, 11) is 0. The first-order valence-electron chi connectivity index (χ1n) is 8.39. The van der Waals surface area contributed by atoms with Gasteiger partial charge in [-0.05, 0) is 32.2 Å². The Morgan fingerprint density at radius 1 is 1.24 bits per heavy atom. The molecule has 0 radical (unpaired) electrons. The van der Waals surface area contributed by atoms with E-state index in [0.717, 1.165) is 37.6 Å². The van der Waals surface area contributed by atoms with Crippen molar-refractivity contribution in [2.75, 3.05) is 6.54 Å². The Kier molecular flexibility index (Phi) is 4.60. The van der Waals surface area contributed by atoms with Crippen LogP contribution in [0.3, 0.4) is 0 Å². The molecule has 0 aromatic carbocycles. The van der Waals surface area contributed by atoms with E-state index in [4.69, 9.17) is 4.52 Å². The Morgan fingerprint density at radius 2 is 2.05 bits per heavy atom. The highest BCUT2D eigenvalue weighted by Crippen LogP contribution is 2.35. The third kappa shape index (κ3) is 3.29. The molecule has 118 valence electrons. The van der Waals surface area contributed by atoms with Crippen LogP contribution >= 0.6 is 0 Å². The first-order chi connectivity index (χ1) is 10.1. The Hall–Kier alpha value is -0.940. The monoisotopic (exact) mass is 293 g/mol. The lowest BCUT2D eigenvalue weighted by molar-refractivity contribution is 0.0178. The molecule has 1 aliphatic carbocycles. The van der Waals surface area contributed by atoms with Crippen LogP contribution in [-0.4, -0.2) is 38.8 Å². The highest BCUT2D eigenvalue weighted by Gasteiger charge is 2.37. The van der Waals surface area contributed by atoms with Crippen LogP contribution in [0.5, 0.6) is 0 Å². The van der Waals surface area contributed by atoms with Gasteiger partial charge in [0, 0.05) is 17.9 Å². The minimum atomic E-state index is -0.127. The molecule has 0 amide bonds. The van der Waals surface area contributed by atoms with Gasteiger partial charge in [-0.2, -0.15) is 4.98 Å². The van der Waals surface area contributed by atoms with Gasteiger partial charge in [0.2, 0.25) is 5.89 Å². The first kappa shape index (κ1) is 15.0. The van der Waals surface area contributed by atoms with Crippen molar-refractivity contribution in [3.8, 4) is 0 Å². The minimum Gasteiger partial charge on any atom is -0.393 e. The molecule has 3 atom stereocenters. The summed E-state index contributed by atoms with van der Waals surface area (Å²) >= 11 is 0. The lowest BCUT2D eigenvalue weighted by Gasteiger charge is -2.36. The van der Waals surface area contributed by atoms with Crippen LogP contribution < -0.4 is 0 Å². The second-order valence-corrected chi connectivity index (χ2v) is 6.90. The Bertz CT molecular complexity index is 460. The largest absolute Gasteiger partial charge is 0.393 e. The molecule has 1 aliphatic heterocycles. The average Bonchev–Trinajstić information content (AvgIpc) is 3.09. The second-order valence-electron chi connectivity index (χ2n) is 6.90. The third-order valence-corrected chi connectivity index (χ3v) is 5.03. The van der Waals surface area contributed by atoms with Crippen molar-refractivity contribution in [3.05, 3.63) is 11.7 Å². The zero-order valence-electron chi connectivity index (χ0n) is 13.2. The van der Waals surface area contributed by atoms with E-state index >= 15 is 0 Å². The van der Waals surface area contributed by atoms with E-state index in [0.29, 0.717) is 17.9 Å². The fraction of sp³-hybridized carbons (Fsp3) is 0.875. The van der Waals surface area contributed by atoms with Gasteiger partial charge in [-0.15, -0.1) is 0 Å². The SMILES string of the molecule is CC(C)c1noc(CN2CCCC2C2CCCCC2O)n1.